The zero-order chi connectivity index (χ0) is 8.69. The molecular formula is C9H13NO. The fourth-order valence-corrected chi connectivity index (χ4v) is 0.666. The zero-order valence-corrected chi connectivity index (χ0v) is 7.16. The van der Waals surface area contributed by atoms with Gasteiger partial charge in [0.15, 0.2) is 0 Å². The lowest BCUT2D eigenvalue weighted by Gasteiger charge is -1.90. The molecule has 0 fully saturated rings. The average Bonchev–Trinajstić information content (AvgIpc) is 2.09. The molecule has 0 unspecified atom stereocenters. The number of aryl methyl sites for hydroxylation is 1. The van der Waals surface area contributed by atoms with Crippen LogP contribution in [0.1, 0.15) is 19.4 Å². The second-order valence-corrected chi connectivity index (χ2v) is 1.88. The first kappa shape index (κ1) is 9.82. The van der Waals surface area contributed by atoms with Gasteiger partial charge < -0.3 is 0 Å². The predicted molar refractivity (Wildman–Crippen MR) is 48.0 cm³/mol. The fourth-order valence-electron chi connectivity index (χ4n) is 0.666. The molecule has 0 saturated carbocycles. The summed E-state index contributed by atoms with van der Waals surface area (Å²) in [5.41, 5.74) is 1.45. The molecular weight excluding hydrogens is 138 g/mol. The topological polar surface area (TPSA) is 29.4 Å². The van der Waals surface area contributed by atoms with Crippen LogP contribution in [0.15, 0.2) is 29.4 Å². The Labute approximate surface area is 67.2 Å². The minimum Gasteiger partial charge on any atom is -0.145 e. The van der Waals surface area contributed by atoms with Crippen molar-refractivity contribution in [3.8, 4) is 0 Å². The first-order valence-electron chi connectivity index (χ1n) is 3.73. The Morgan fingerprint density at radius 3 is 2.09 bits per heavy atom. The second kappa shape index (κ2) is 5.59. The normalized spacial score (nSPS) is 7.91. The van der Waals surface area contributed by atoms with E-state index < -0.39 is 0 Å². The molecule has 2 nitrogen and oxygen atoms in total. The van der Waals surface area contributed by atoms with E-state index in [2.05, 4.69) is 5.18 Å². The number of benzene rings is 1. The maximum atomic E-state index is 9.98. The maximum absolute atomic E-state index is 9.98. The molecule has 0 aliphatic rings. The van der Waals surface area contributed by atoms with Gasteiger partial charge in [0, 0.05) is 0 Å². The van der Waals surface area contributed by atoms with E-state index in [1.165, 1.54) is 0 Å². The van der Waals surface area contributed by atoms with Crippen LogP contribution >= 0.6 is 0 Å². The molecule has 2 heteroatoms. The fraction of sp³-hybridized carbons (Fsp3) is 0.333. The van der Waals surface area contributed by atoms with Crippen LogP contribution < -0.4 is 0 Å². The van der Waals surface area contributed by atoms with Crippen LogP contribution in [0, 0.1) is 11.8 Å². The molecule has 0 aromatic heterocycles. The number of nitrogens with zero attached hydrogens (tertiary/aromatic N) is 1. The van der Waals surface area contributed by atoms with Gasteiger partial charge in [-0.15, -0.1) is 4.91 Å². The van der Waals surface area contributed by atoms with Gasteiger partial charge in [-0.1, -0.05) is 32.0 Å². The summed E-state index contributed by atoms with van der Waals surface area (Å²) in [6.07, 6.45) is 0. The molecule has 1 aromatic rings. The van der Waals surface area contributed by atoms with Gasteiger partial charge in [0.05, 0.1) is 0 Å². The van der Waals surface area contributed by atoms with Gasteiger partial charge in [0.2, 0.25) is 0 Å². The van der Waals surface area contributed by atoms with Crippen LogP contribution in [-0.4, -0.2) is 0 Å². The van der Waals surface area contributed by atoms with E-state index in [-0.39, 0.29) is 0 Å². The van der Waals surface area contributed by atoms with Gasteiger partial charge >= 0.3 is 0 Å². The second-order valence-electron chi connectivity index (χ2n) is 1.88. The van der Waals surface area contributed by atoms with Crippen molar-refractivity contribution in [2.45, 2.75) is 20.8 Å². The Balaban J connectivity index is 0.000000461. The monoisotopic (exact) mass is 151 g/mol. The molecule has 11 heavy (non-hydrogen) atoms. The van der Waals surface area contributed by atoms with Gasteiger partial charge in [0.25, 0.3) is 0 Å². The zero-order valence-electron chi connectivity index (χ0n) is 7.16. The molecule has 0 radical (unpaired) electrons. The molecule has 0 atom stereocenters. The Morgan fingerprint density at radius 2 is 1.73 bits per heavy atom. The summed E-state index contributed by atoms with van der Waals surface area (Å²) in [4.78, 5) is 9.98. The lowest BCUT2D eigenvalue weighted by Crippen LogP contribution is -1.68. The molecule has 60 valence electrons. The van der Waals surface area contributed by atoms with E-state index in [4.69, 9.17) is 0 Å². The van der Waals surface area contributed by atoms with Gasteiger partial charge in [0.1, 0.15) is 5.69 Å². The minimum absolute atomic E-state index is 0.525. The van der Waals surface area contributed by atoms with Crippen LogP contribution in [0.25, 0.3) is 0 Å². The van der Waals surface area contributed by atoms with E-state index in [0.717, 1.165) is 5.56 Å². The summed E-state index contributed by atoms with van der Waals surface area (Å²) in [6.45, 7) is 5.86. The predicted octanol–water partition coefficient (Wildman–Crippen LogP) is 3.42. The number of hydrogen-bond donors (Lipinski definition) is 0. The molecule has 0 aliphatic heterocycles. The largest absolute Gasteiger partial charge is 0.145 e. The van der Waals surface area contributed by atoms with Crippen molar-refractivity contribution >= 4 is 5.69 Å². The summed E-state index contributed by atoms with van der Waals surface area (Å²) in [6, 6.07) is 7.23. The van der Waals surface area contributed by atoms with Crippen LogP contribution in [-0.2, 0) is 0 Å². The highest BCUT2D eigenvalue weighted by Crippen LogP contribution is 2.15. The molecule has 0 saturated heterocycles. The Bertz CT molecular complexity index is 221. The van der Waals surface area contributed by atoms with Crippen molar-refractivity contribution in [1.82, 2.24) is 0 Å². The van der Waals surface area contributed by atoms with Gasteiger partial charge in [-0.2, -0.15) is 0 Å². The summed E-state index contributed by atoms with van der Waals surface area (Å²) in [5, 5.41) is 2.82. The first-order chi connectivity index (χ1) is 5.34. The van der Waals surface area contributed by atoms with Crippen molar-refractivity contribution < 1.29 is 0 Å². The molecule has 0 amide bonds. The number of nitroso groups, excluding NO2 is 1. The molecule has 1 rings (SSSR count). The third-order valence-electron chi connectivity index (χ3n) is 1.21. The van der Waals surface area contributed by atoms with Crippen molar-refractivity contribution in [3.05, 3.63) is 34.7 Å². The molecule has 0 bridgehead atoms. The van der Waals surface area contributed by atoms with Crippen molar-refractivity contribution in [3.63, 3.8) is 0 Å². The van der Waals surface area contributed by atoms with Gasteiger partial charge in [-0.3, -0.25) is 0 Å². The van der Waals surface area contributed by atoms with Crippen molar-refractivity contribution in [2.24, 2.45) is 5.18 Å². The van der Waals surface area contributed by atoms with Crippen molar-refractivity contribution in [1.29, 1.82) is 0 Å². The summed E-state index contributed by atoms with van der Waals surface area (Å²) >= 11 is 0. The van der Waals surface area contributed by atoms with Crippen LogP contribution in [0.3, 0.4) is 0 Å². The smallest absolute Gasteiger partial charge is 0.110 e. The van der Waals surface area contributed by atoms with Crippen molar-refractivity contribution in [2.75, 3.05) is 0 Å². The van der Waals surface area contributed by atoms with Gasteiger partial charge in [-0.05, 0) is 23.7 Å². The SMILES string of the molecule is CC.Cc1ccccc1N=O. The molecule has 1 aromatic carbocycles. The highest BCUT2D eigenvalue weighted by Gasteiger charge is 1.91. The van der Waals surface area contributed by atoms with E-state index in [1.807, 2.05) is 32.9 Å². The third kappa shape index (κ3) is 2.94. The quantitative estimate of drug-likeness (QED) is 0.565. The Kier molecular flexibility index (Phi) is 4.99. The standard InChI is InChI=1S/C7H7NO.C2H6/c1-6-4-2-3-5-7(6)8-9;1-2/h2-5H,1H3;1-2H3. The minimum atomic E-state index is 0.525. The third-order valence-corrected chi connectivity index (χ3v) is 1.21. The Morgan fingerprint density at radius 1 is 1.18 bits per heavy atom. The average molecular weight is 151 g/mol. The van der Waals surface area contributed by atoms with E-state index in [9.17, 15) is 4.91 Å². The van der Waals surface area contributed by atoms with Crippen LogP contribution in [0.4, 0.5) is 5.69 Å². The van der Waals surface area contributed by atoms with E-state index in [1.54, 1.807) is 12.1 Å². The summed E-state index contributed by atoms with van der Waals surface area (Å²) in [7, 11) is 0. The van der Waals surface area contributed by atoms with E-state index >= 15 is 0 Å². The maximum Gasteiger partial charge on any atom is 0.110 e. The highest BCUT2D eigenvalue weighted by atomic mass is 16.3. The molecule has 0 spiro atoms. The Hall–Kier alpha value is -1.18. The summed E-state index contributed by atoms with van der Waals surface area (Å²) < 4.78 is 0. The molecule has 0 aliphatic carbocycles. The molecule has 0 heterocycles. The molecule has 0 N–H and O–H groups in total. The van der Waals surface area contributed by atoms with Gasteiger partial charge in [-0.25, -0.2) is 0 Å². The van der Waals surface area contributed by atoms with E-state index in [0.29, 0.717) is 5.69 Å². The lowest BCUT2D eigenvalue weighted by atomic mass is 10.2. The van der Waals surface area contributed by atoms with Crippen LogP contribution in [0.2, 0.25) is 0 Å². The lowest BCUT2D eigenvalue weighted by molar-refractivity contribution is 1.39. The highest BCUT2D eigenvalue weighted by molar-refractivity contribution is 5.44. The number of rotatable bonds is 1. The first-order valence-corrected chi connectivity index (χ1v) is 3.73. The number of hydrogen-bond acceptors (Lipinski definition) is 2. The van der Waals surface area contributed by atoms with Crippen LogP contribution in [0.5, 0.6) is 0 Å². The summed E-state index contributed by atoms with van der Waals surface area (Å²) in [5.74, 6) is 0.